The van der Waals surface area contributed by atoms with Gasteiger partial charge in [-0.15, -0.1) is 0 Å². The van der Waals surface area contributed by atoms with E-state index in [0.717, 1.165) is 0 Å². The Morgan fingerprint density at radius 3 is 1.74 bits per heavy atom. The third kappa shape index (κ3) is 3.51. The summed E-state index contributed by atoms with van der Waals surface area (Å²) < 4.78 is 42.0. The van der Waals surface area contributed by atoms with Crippen LogP contribution < -0.4 is 15.1 Å². The molecule has 47 heavy (non-hydrogen) atoms. The van der Waals surface area contributed by atoms with Gasteiger partial charge in [-0.3, -0.25) is 9.59 Å². The maximum absolute atomic E-state index is 14.5. The highest BCUT2D eigenvalue weighted by molar-refractivity contribution is 5.95. The molecule has 5 aliphatic rings. The summed E-state index contributed by atoms with van der Waals surface area (Å²) in [6.45, 7) is 14.1. The average molecular weight is 653 g/mol. The van der Waals surface area contributed by atoms with Crippen LogP contribution in [0.15, 0.2) is 27.4 Å². The van der Waals surface area contributed by atoms with E-state index in [1.165, 1.54) is 19.2 Å². The number of hydrogen-bond donors (Lipinski definition) is 0. The number of ether oxygens (including phenoxy) is 6. The van der Waals surface area contributed by atoms with Crippen LogP contribution in [-0.4, -0.2) is 53.9 Å². The van der Waals surface area contributed by atoms with E-state index in [0.29, 0.717) is 24.0 Å². The quantitative estimate of drug-likeness (QED) is 0.250. The number of benzene rings is 1. The molecule has 12 heteroatoms. The molecule has 2 saturated carbocycles. The van der Waals surface area contributed by atoms with Gasteiger partial charge in [0.2, 0.25) is 11.2 Å². The van der Waals surface area contributed by atoms with Gasteiger partial charge in [-0.2, -0.15) is 0 Å². The van der Waals surface area contributed by atoms with Gasteiger partial charge in [0.25, 0.3) is 0 Å². The monoisotopic (exact) mass is 652 g/mol. The minimum absolute atomic E-state index is 0.0110. The molecular formula is C35H40O12. The summed E-state index contributed by atoms with van der Waals surface area (Å²) in [5.41, 5.74) is -8.76. The zero-order chi connectivity index (χ0) is 34.3. The Labute approximate surface area is 271 Å². The fourth-order valence-corrected chi connectivity index (χ4v) is 8.73. The molecule has 7 rings (SSSR count). The smallest absolute Gasteiger partial charge is 0.351 e. The summed E-state index contributed by atoms with van der Waals surface area (Å²) in [5, 5.41) is 0.385. The molecule has 0 amide bonds. The number of esters is 4. The molecule has 1 aromatic heterocycles. The maximum atomic E-state index is 14.5. The molecule has 2 aliphatic carbocycles. The van der Waals surface area contributed by atoms with E-state index >= 15 is 0 Å². The normalized spacial score (nSPS) is 36.7. The van der Waals surface area contributed by atoms with E-state index < -0.39 is 80.2 Å². The molecule has 0 radical (unpaired) electrons. The van der Waals surface area contributed by atoms with Gasteiger partial charge in [-0.05, 0) is 59.4 Å². The molecule has 2 saturated heterocycles. The summed E-state index contributed by atoms with van der Waals surface area (Å²) in [5.74, 6) is -2.09. The molecule has 4 heterocycles. The first kappa shape index (κ1) is 31.5. The molecule has 6 atom stereocenters. The molecule has 1 aromatic carbocycles. The molecule has 12 nitrogen and oxygen atoms in total. The lowest BCUT2D eigenvalue weighted by atomic mass is 9.66. The van der Waals surface area contributed by atoms with Crippen LogP contribution in [0.4, 0.5) is 0 Å². The molecule has 252 valence electrons. The van der Waals surface area contributed by atoms with E-state index in [1.54, 1.807) is 47.6 Å². The standard InChI is InChI=1S/C35H40O12/c1-29(2)24(44-28(40)35-15-13-33(8,26(38)47-35)31(35,5)6)23(43-27(39)34-14-12-32(7,25(37)46-34)30(34,3)4)21-19(45-29)16-18(41-9)17-10-11-20(36)42-22(17)21/h10-11,16,23-24H,12-15H2,1-9H3/t23-,24-,32-,33-,34-,35-/m1/s1. The number of methoxy groups -OCH3 is 1. The molecule has 0 spiro atoms. The van der Waals surface area contributed by atoms with E-state index in [1.807, 2.05) is 13.8 Å². The third-order valence-corrected chi connectivity index (χ3v) is 13.0. The number of carbonyl (C=O) groups excluding carboxylic acids is 4. The average Bonchev–Trinajstić information content (AvgIpc) is 3.45. The lowest BCUT2D eigenvalue weighted by molar-refractivity contribution is -0.217. The van der Waals surface area contributed by atoms with Gasteiger partial charge in [0.05, 0.1) is 28.9 Å². The Kier molecular flexibility index (Phi) is 6.08. The highest BCUT2D eigenvalue weighted by atomic mass is 16.7. The minimum atomic E-state index is -1.62. The van der Waals surface area contributed by atoms with Crippen LogP contribution in [0, 0.1) is 21.7 Å². The Hall–Kier alpha value is -4.09. The van der Waals surface area contributed by atoms with E-state index in [4.69, 9.17) is 32.8 Å². The van der Waals surface area contributed by atoms with E-state index in [-0.39, 0.29) is 29.7 Å². The Morgan fingerprint density at radius 2 is 1.28 bits per heavy atom. The SMILES string of the molecule is COc1cc2c(c3oc(=O)ccc13)[C@@H](OC(=O)[C@@]13CC[C@](C)(C(=O)O1)C3(C)C)[C@@H](OC(=O)[C@@]13CC[C@](C)(C(=O)O1)C3(C)C)C(C)(C)O2. The largest absolute Gasteiger partial charge is 0.496 e. The van der Waals surface area contributed by atoms with Crippen LogP contribution >= 0.6 is 0 Å². The van der Waals surface area contributed by atoms with Crippen molar-refractivity contribution in [3.63, 3.8) is 0 Å². The second-order valence-corrected chi connectivity index (χ2v) is 15.7. The fraction of sp³-hybridized carbons (Fsp3) is 0.629. The highest BCUT2D eigenvalue weighted by Crippen LogP contribution is 2.67. The first-order valence-electron chi connectivity index (χ1n) is 16.0. The van der Waals surface area contributed by atoms with Crippen molar-refractivity contribution in [2.24, 2.45) is 21.7 Å². The maximum Gasteiger partial charge on any atom is 0.351 e. The van der Waals surface area contributed by atoms with Gasteiger partial charge in [0, 0.05) is 23.0 Å². The first-order valence-corrected chi connectivity index (χ1v) is 16.0. The topological polar surface area (TPSA) is 154 Å². The number of hydrogen-bond acceptors (Lipinski definition) is 12. The van der Waals surface area contributed by atoms with Gasteiger partial charge < -0.3 is 32.8 Å². The molecule has 3 aliphatic heterocycles. The van der Waals surface area contributed by atoms with Crippen molar-refractivity contribution in [1.82, 2.24) is 0 Å². The fourth-order valence-electron chi connectivity index (χ4n) is 8.73. The Balaban J connectivity index is 1.38. The summed E-state index contributed by atoms with van der Waals surface area (Å²) in [6.07, 6.45) is -1.43. The van der Waals surface area contributed by atoms with Crippen molar-refractivity contribution in [2.45, 2.75) is 110 Å². The van der Waals surface area contributed by atoms with Gasteiger partial charge >= 0.3 is 29.5 Å². The highest BCUT2D eigenvalue weighted by Gasteiger charge is 2.78. The van der Waals surface area contributed by atoms with Gasteiger partial charge in [0.15, 0.2) is 17.8 Å². The predicted molar refractivity (Wildman–Crippen MR) is 162 cm³/mol. The number of carbonyl (C=O) groups is 4. The summed E-state index contributed by atoms with van der Waals surface area (Å²) >= 11 is 0. The van der Waals surface area contributed by atoms with Crippen molar-refractivity contribution >= 4 is 34.8 Å². The summed E-state index contributed by atoms with van der Waals surface area (Å²) in [7, 11) is 1.45. The first-order chi connectivity index (χ1) is 21.7. The molecular weight excluding hydrogens is 612 g/mol. The second kappa shape index (κ2) is 9.08. The molecule has 0 N–H and O–H groups in total. The van der Waals surface area contributed by atoms with Gasteiger partial charge in [0.1, 0.15) is 17.1 Å². The zero-order valence-electron chi connectivity index (χ0n) is 28.1. The molecule has 2 aromatic rings. The number of fused-ring (bicyclic) bond motifs is 7. The van der Waals surface area contributed by atoms with Gasteiger partial charge in [-0.1, -0.05) is 27.7 Å². The predicted octanol–water partition coefficient (Wildman–Crippen LogP) is 4.71. The Bertz CT molecular complexity index is 1850. The second-order valence-electron chi connectivity index (χ2n) is 15.7. The molecule has 4 fully saturated rings. The summed E-state index contributed by atoms with van der Waals surface area (Å²) in [6, 6.07) is 4.34. The molecule has 4 bridgehead atoms. The lowest BCUT2D eigenvalue weighted by Gasteiger charge is -2.45. The van der Waals surface area contributed by atoms with E-state index in [2.05, 4.69) is 0 Å². The van der Waals surface area contributed by atoms with Crippen LogP contribution in [0.25, 0.3) is 11.0 Å². The van der Waals surface area contributed by atoms with Crippen molar-refractivity contribution < 1.29 is 52.0 Å². The molecule has 0 unspecified atom stereocenters. The van der Waals surface area contributed by atoms with Crippen molar-refractivity contribution in [3.8, 4) is 11.5 Å². The van der Waals surface area contributed by atoms with Crippen LogP contribution in [0.3, 0.4) is 0 Å². The Morgan fingerprint density at radius 1 is 0.745 bits per heavy atom. The lowest BCUT2D eigenvalue weighted by Crippen LogP contribution is -2.57. The van der Waals surface area contributed by atoms with Crippen LogP contribution in [-0.2, 0) is 38.1 Å². The summed E-state index contributed by atoms with van der Waals surface area (Å²) in [4.78, 5) is 67.5. The third-order valence-electron chi connectivity index (χ3n) is 13.0. The minimum Gasteiger partial charge on any atom is -0.496 e. The van der Waals surface area contributed by atoms with Crippen molar-refractivity contribution in [1.29, 1.82) is 0 Å². The van der Waals surface area contributed by atoms with Crippen LogP contribution in [0.5, 0.6) is 11.5 Å². The van der Waals surface area contributed by atoms with Crippen molar-refractivity contribution in [3.05, 3.63) is 34.2 Å². The van der Waals surface area contributed by atoms with Crippen LogP contribution in [0.1, 0.15) is 92.7 Å². The van der Waals surface area contributed by atoms with Crippen LogP contribution in [0.2, 0.25) is 0 Å². The van der Waals surface area contributed by atoms with E-state index in [9.17, 15) is 24.0 Å². The van der Waals surface area contributed by atoms with Gasteiger partial charge in [-0.25, -0.2) is 14.4 Å². The van der Waals surface area contributed by atoms with Crippen molar-refractivity contribution in [2.75, 3.05) is 7.11 Å². The zero-order valence-corrected chi connectivity index (χ0v) is 28.1. The number of rotatable bonds is 5.